The molecular formula is C20H26FN3O3S. The van der Waals surface area contributed by atoms with Gasteiger partial charge in [-0.2, -0.15) is 0 Å². The Bertz CT molecular complexity index is 897. The summed E-state index contributed by atoms with van der Waals surface area (Å²) in [4.78, 5) is 0.273. The Morgan fingerprint density at radius 2 is 1.68 bits per heavy atom. The molecule has 0 bridgehead atoms. The predicted molar refractivity (Wildman–Crippen MR) is 108 cm³/mol. The molecule has 0 radical (unpaired) electrons. The van der Waals surface area contributed by atoms with Gasteiger partial charge in [0.15, 0.2) is 9.84 Å². The van der Waals surface area contributed by atoms with Crippen molar-refractivity contribution >= 4 is 9.84 Å². The Morgan fingerprint density at radius 3 is 2.14 bits per heavy atom. The molecule has 0 saturated heterocycles. The first-order valence-electron chi connectivity index (χ1n) is 8.80. The Hall–Kier alpha value is -2.42. The van der Waals surface area contributed by atoms with Crippen LogP contribution in [0.25, 0.3) is 11.1 Å². The van der Waals surface area contributed by atoms with Crippen LogP contribution in [0.3, 0.4) is 0 Å². The minimum Gasteiger partial charge on any atom is -0.401 e. The van der Waals surface area contributed by atoms with Gasteiger partial charge in [-0.1, -0.05) is 36.4 Å². The zero-order chi connectivity index (χ0) is 20.7. The number of hydrazine groups is 1. The number of hydrogen-bond acceptors (Lipinski definition) is 6. The Balaban J connectivity index is 2.10. The maximum absolute atomic E-state index is 13.4. The summed E-state index contributed by atoms with van der Waals surface area (Å²) in [7, 11) is -3.23. The van der Waals surface area contributed by atoms with E-state index >= 15 is 0 Å². The van der Waals surface area contributed by atoms with E-state index in [4.69, 9.17) is 16.7 Å². The van der Waals surface area contributed by atoms with E-state index in [2.05, 4.69) is 0 Å². The van der Waals surface area contributed by atoms with Gasteiger partial charge in [0, 0.05) is 31.2 Å². The monoisotopic (exact) mass is 407 g/mol. The quantitative estimate of drug-likeness (QED) is 0.433. The summed E-state index contributed by atoms with van der Waals surface area (Å²) in [5.41, 5.74) is 8.82. The average molecular weight is 408 g/mol. The van der Waals surface area contributed by atoms with Gasteiger partial charge in [0.05, 0.1) is 10.9 Å². The number of aliphatic hydroxyl groups excluding tert-OH is 1. The number of nitrogens with zero attached hydrogens (tertiary/aromatic N) is 1. The fourth-order valence-electron chi connectivity index (χ4n) is 2.73. The normalized spacial score (nSPS) is 13.4. The third-order valence-electron chi connectivity index (χ3n) is 4.36. The van der Waals surface area contributed by atoms with E-state index in [1.807, 2.05) is 24.3 Å². The molecule has 0 aliphatic rings. The molecule has 0 amide bonds. The van der Waals surface area contributed by atoms with Crippen molar-refractivity contribution in [3.05, 3.63) is 66.0 Å². The molecule has 5 N–H and O–H groups in total. The maximum Gasteiger partial charge on any atom is 0.175 e. The van der Waals surface area contributed by atoms with E-state index in [1.165, 1.54) is 17.5 Å². The van der Waals surface area contributed by atoms with Crippen LogP contribution in [-0.4, -0.2) is 44.1 Å². The van der Waals surface area contributed by atoms with Gasteiger partial charge in [-0.25, -0.2) is 18.7 Å². The van der Waals surface area contributed by atoms with Crippen molar-refractivity contribution in [1.82, 2.24) is 5.01 Å². The first-order valence-corrected chi connectivity index (χ1v) is 10.7. The molecule has 0 aliphatic heterocycles. The standard InChI is InChI=1S/C20H26FN3O3S/c1-28(26,27)20-8-6-17(7-9-20)16-4-2-15(3-5-16)12-19(13-21)24(23)14-18(22)10-11-25/h2-9,14,19,25H,10-13,22-23H2,1H3/b18-14-. The molecule has 8 heteroatoms. The second kappa shape index (κ2) is 9.68. The molecule has 152 valence electrons. The number of benzene rings is 2. The lowest BCUT2D eigenvalue weighted by atomic mass is 10.0. The summed E-state index contributed by atoms with van der Waals surface area (Å²) >= 11 is 0. The zero-order valence-corrected chi connectivity index (χ0v) is 16.6. The molecule has 2 rings (SSSR count). The molecule has 1 unspecified atom stereocenters. The van der Waals surface area contributed by atoms with Crippen LogP contribution in [0.5, 0.6) is 0 Å². The number of hydrogen-bond donors (Lipinski definition) is 3. The molecule has 2 aromatic rings. The van der Waals surface area contributed by atoms with E-state index in [0.717, 1.165) is 16.7 Å². The lowest BCUT2D eigenvalue weighted by Gasteiger charge is -2.24. The van der Waals surface area contributed by atoms with Crippen LogP contribution < -0.4 is 11.6 Å². The second-order valence-corrected chi connectivity index (χ2v) is 8.65. The number of sulfone groups is 1. The molecule has 6 nitrogen and oxygen atoms in total. The van der Waals surface area contributed by atoms with Crippen LogP contribution >= 0.6 is 0 Å². The average Bonchev–Trinajstić information content (AvgIpc) is 2.66. The van der Waals surface area contributed by atoms with Gasteiger partial charge in [-0.15, -0.1) is 0 Å². The lowest BCUT2D eigenvalue weighted by molar-refractivity contribution is 0.227. The van der Waals surface area contributed by atoms with Crippen LogP contribution in [0.15, 0.2) is 65.3 Å². The highest BCUT2D eigenvalue weighted by Crippen LogP contribution is 2.22. The van der Waals surface area contributed by atoms with Gasteiger partial charge in [0.25, 0.3) is 0 Å². The minimum atomic E-state index is -3.23. The molecule has 0 saturated carbocycles. The van der Waals surface area contributed by atoms with Gasteiger partial charge in [0.2, 0.25) is 0 Å². The van der Waals surface area contributed by atoms with Crippen molar-refractivity contribution in [3.63, 3.8) is 0 Å². The highest BCUT2D eigenvalue weighted by molar-refractivity contribution is 7.90. The molecule has 1 atom stereocenters. The van der Waals surface area contributed by atoms with E-state index in [0.29, 0.717) is 12.1 Å². The molecule has 0 fully saturated rings. The Labute approximate surface area is 165 Å². The summed E-state index contributed by atoms with van der Waals surface area (Å²) in [6.07, 6.45) is 3.28. The summed E-state index contributed by atoms with van der Waals surface area (Å²) in [5.74, 6) is 5.88. The smallest absolute Gasteiger partial charge is 0.175 e. The summed E-state index contributed by atoms with van der Waals surface area (Å²) in [5, 5.41) is 10.1. The highest BCUT2D eigenvalue weighted by Gasteiger charge is 2.14. The van der Waals surface area contributed by atoms with Gasteiger partial charge in [0.1, 0.15) is 6.67 Å². The van der Waals surface area contributed by atoms with Crippen LogP contribution in [0.4, 0.5) is 4.39 Å². The van der Waals surface area contributed by atoms with Crippen LogP contribution in [0, 0.1) is 0 Å². The maximum atomic E-state index is 13.4. The first-order chi connectivity index (χ1) is 13.2. The minimum absolute atomic E-state index is 0.0942. The number of aliphatic hydroxyl groups is 1. The van der Waals surface area contributed by atoms with Gasteiger partial charge in [-0.05, 0) is 35.2 Å². The summed E-state index contributed by atoms with van der Waals surface area (Å²) < 4.78 is 36.5. The Morgan fingerprint density at radius 1 is 1.14 bits per heavy atom. The Kier molecular flexibility index (Phi) is 7.56. The molecule has 0 aromatic heterocycles. The number of nitrogens with two attached hydrogens (primary N) is 2. The number of rotatable bonds is 9. The van der Waals surface area contributed by atoms with Crippen molar-refractivity contribution in [1.29, 1.82) is 0 Å². The van der Waals surface area contributed by atoms with Crippen molar-refractivity contribution < 1.29 is 17.9 Å². The van der Waals surface area contributed by atoms with Crippen LogP contribution in [0.2, 0.25) is 0 Å². The van der Waals surface area contributed by atoms with Crippen molar-refractivity contribution in [2.24, 2.45) is 11.6 Å². The molecule has 2 aromatic carbocycles. The molecule has 0 aliphatic carbocycles. The van der Waals surface area contributed by atoms with Crippen molar-refractivity contribution in [2.45, 2.75) is 23.8 Å². The SMILES string of the molecule is CS(=O)(=O)c1ccc(-c2ccc(CC(CF)N(N)/C=C(\N)CCO)cc2)cc1. The number of halogens is 1. The molecule has 0 heterocycles. The van der Waals surface area contributed by atoms with E-state index in [9.17, 15) is 12.8 Å². The summed E-state index contributed by atoms with van der Waals surface area (Å²) in [6, 6.07) is 13.7. The van der Waals surface area contributed by atoms with Crippen LogP contribution in [0.1, 0.15) is 12.0 Å². The van der Waals surface area contributed by atoms with Gasteiger partial charge >= 0.3 is 0 Å². The lowest BCUT2D eigenvalue weighted by Crippen LogP contribution is -2.40. The number of alkyl halides is 1. The molecule has 0 spiro atoms. The van der Waals surface area contributed by atoms with Crippen LogP contribution in [-0.2, 0) is 16.3 Å². The van der Waals surface area contributed by atoms with Crippen molar-refractivity contribution in [3.8, 4) is 11.1 Å². The third-order valence-corrected chi connectivity index (χ3v) is 5.48. The first kappa shape index (κ1) is 21.9. The van der Waals surface area contributed by atoms with E-state index in [-0.39, 0.29) is 17.9 Å². The van der Waals surface area contributed by atoms with Gasteiger partial charge < -0.3 is 15.8 Å². The second-order valence-electron chi connectivity index (χ2n) is 6.63. The van der Waals surface area contributed by atoms with Crippen molar-refractivity contribution in [2.75, 3.05) is 19.5 Å². The fraction of sp³-hybridized carbons (Fsp3) is 0.300. The van der Waals surface area contributed by atoms with E-state index in [1.54, 1.807) is 24.3 Å². The fourth-order valence-corrected chi connectivity index (χ4v) is 3.36. The molecule has 28 heavy (non-hydrogen) atoms. The van der Waals surface area contributed by atoms with E-state index < -0.39 is 22.6 Å². The summed E-state index contributed by atoms with van der Waals surface area (Å²) in [6.45, 7) is -0.739. The van der Waals surface area contributed by atoms with Gasteiger partial charge in [-0.3, -0.25) is 0 Å². The topological polar surface area (TPSA) is 110 Å². The molecular weight excluding hydrogens is 381 g/mol. The largest absolute Gasteiger partial charge is 0.401 e. The predicted octanol–water partition coefficient (Wildman–Crippen LogP) is 2.00. The highest BCUT2D eigenvalue weighted by atomic mass is 32.2. The zero-order valence-electron chi connectivity index (χ0n) is 15.8. The third kappa shape index (κ3) is 6.05.